The minimum atomic E-state index is -1.47. The lowest BCUT2D eigenvalue weighted by Crippen LogP contribution is -2.59. The van der Waals surface area contributed by atoms with Crippen molar-refractivity contribution in [3.63, 3.8) is 0 Å². The second kappa shape index (κ2) is 11.1. The van der Waals surface area contributed by atoms with E-state index in [-0.39, 0.29) is 16.2 Å². The molecule has 0 heterocycles. The van der Waals surface area contributed by atoms with Crippen molar-refractivity contribution in [1.29, 1.82) is 0 Å². The van der Waals surface area contributed by atoms with Gasteiger partial charge in [0.1, 0.15) is 5.75 Å². The Morgan fingerprint density at radius 3 is 1.10 bits per heavy atom. The number of aliphatic hydroxyl groups is 3. The number of para-hydroxylation sites is 1. The molecule has 0 saturated carbocycles. The monoisotopic (exact) mass is 532 g/mol. The van der Waals surface area contributed by atoms with Gasteiger partial charge in [0.15, 0.2) is 5.60 Å². The van der Waals surface area contributed by atoms with Crippen LogP contribution < -0.4 is 4.74 Å². The van der Waals surface area contributed by atoms with Gasteiger partial charge in [-0.25, -0.2) is 0 Å². The zero-order valence-corrected chi connectivity index (χ0v) is 25.3. The van der Waals surface area contributed by atoms with Crippen LogP contribution in [0.3, 0.4) is 0 Å². The normalized spacial score (nSPS) is 13.4. The molecule has 0 aromatic heterocycles. The summed E-state index contributed by atoms with van der Waals surface area (Å²) in [6.07, 6.45) is 0. The van der Waals surface area contributed by atoms with Crippen molar-refractivity contribution in [3.8, 4) is 5.75 Å². The van der Waals surface area contributed by atoms with Crippen molar-refractivity contribution in [1.82, 2.24) is 0 Å². The summed E-state index contributed by atoms with van der Waals surface area (Å²) in [4.78, 5) is 0. The smallest absolute Gasteiger partial charge is 0.172 e. The summed E-state index contributed by atoms with van der Waals surface area (Å²) in [7, 11) is 0. The first kappa shape index (κ1) is 30.9. The molecule has 3 aromatic carbocycles. The number of rotatable bonds is 8. The van der Waals surface area contributed by atoms with E-state index in [2.05, 4.69) is 80.5 Å². The van der Waals surface area contributed by atoms with Crippen LogP contribution in [0.4, 0.5) is 0 Å². The van der Waals surface area contributed by atoms with E-state index in [1.165, 1.54) is 0 Å². The highest BCUT2D eigenvalue weighted by molar-refractivity contribution is 5.53. The predicted octanol–water partition coefficient (Wildman–Crippen LogP) is 6.87. The minimum Gasteiger partial charge on any atom is -0.477 e. The zero-order chi connectivity index (χ0) is 29.3. The summed E-state index contributed by atoms with van der Waals surface area (Å²) < 4.78 is 7.36. The van der Waals surface area contributed by atoms with Crippen LogP contribution in [0.25, 0.3) is 0 Å². The maximum Gasteiger partial charge on any atom is 0.172 e. The van der Waals surface area contributed by atoms with Crippen LogP contribution in [-0.2, 0) is 21.8 Å². The van der Waals surface area contributed by atoms with E-state index in [0.717, 1.165) is 27.8 Å². The first-order valence-corrected chi connectivity index (χ1v) is 13.9. The Kier molecular flexibility index (Phi) is 8.77. The summed E-state index contributed by atoms with van der Waals surface area (Å²) >= 11 is 0. The fraction of sp³-hybridized carbons (Fsp3) is 0.486. The van der Waals surface area contributed by atoms with Crippen LogP contribution in [0.5, 0.6) is 5.75 Å². The van der Waals surface area contributed by atoms with E-state index in [0.29, 0.717) is 5.75 Å². The molecular weight excluding hydrogens is 484 g/mol. The molecule has 0 unspecified atom stereocenters. The molecule has 4 nitrogen and oxygen atoms in total. The number of ether oxygens (including phenoxy) is 1. The first-order chi connectivity index (χ1) is 18.1. The van der Waals surface area contributed by atoms with E-state index in [4.69, 9.17) is 4.74 Å². The molecule has 0 aliphatic heterocycles. The molecule has 4 heteroatoms. The fourth-order valence-corrected chi connectivity index (χ4v) is 5.65. The van der Waals surface area contributed by atoms with Gasteiger partial charge in [0.05, 0.1) is 25.2 Å². The van der Waals surface area contributed by atoms with E-state index in [1.807, 2.05) is 54.6 Å². The van der Waals surface area contributed by atoms with Crippen molar-refractivity contribution in [2.24, 2.45) is 5.41 Å². The van der Waals surface area contributed by atoms with Crippen LogP contribution >= 0.6 is 0 Å². The molecule has 212 valence electrons. The fourth-order valence-electron chi connectivity index (χ4n) is 5.65. The van der Waals surface area contributed by atoms with Crippen molar-refractivity contribution in [2.75, 3.05) is 19.8 Å². The van der Waals surface area contributed by atoms with Gasteiger partial charge in [0.25, 0.3) is 0 Å². The SMILES string of the molecule is CC(C)(C)c1ccccc1OC(c1ccccc1C(C)(C)C)(c1ccccc1C(C)(C)C)C(CO)(CO)CO. The molecule has 3 rings (SSSR count). The number of aliphatic hydroxyl groups excluding tert-OH is 3. The molecule has 3 N–H and O–H groups in total. The highest BCUT2D eigenvalue weighted by Gasteiger charge is 2.58. The van der Waals surface area contributed by atoms with Gasteiger partial charge in [0, 0.05) is 11.1 Å². The highest BCUT2D eigenvalue weighted by Crippen LogP contribution is 2.54. The summed E-state index contributed by atoms with van der Waals surface area (Å²) in [5.74, 6) is 0.650. The number of benzene rings is 3. The van der Waals surface area contributed by atoms with Gasteiger partial charge in [0.2, 0.25) is 0 Å². The van der Waals surface area contributed by atoms with E-state index in [1.54, 1.807) is 0 Å². The second-order valence-electron chi connectivity index (χ2n) is 13.9. The minimum absolute atomic E-state index is 0.240. The van der Waals surface area contributed by atoms with Crippen molar-refractivity contribution < 1.29 is 20.1 Å². The highest BCUT2D eigenvalue weighted by atomic mass is 16.5. The Labute approximate surface area is 235 Å². The third kappa shape index (κ3) is 5.66. The molecule has 39 heavy (non-hydrogen) atoms. The van der Waals surface area contributed by atoms with E-state index in [9.17, 15) is 15.3 Å². The van der Waals surface area contributed by atoms with Gasteiger partial charge in [-0.2, -0.15) is 0 Å². The second-order valence-corrected chi connectivity index (χ2v) is 13.9. The van der Waals surface area contributed by atoms with Crippen LogP contribution in [0.2, 0.25) is 0 Å². The molecule has 0 spiro atoms. The quantitative estimate of drug-likeness (QED) is 0.296. The Hall–Kier alpha value is -2.66. The molecular formula is C35H48O4. The van der Waals surface area contributed by atoms with Gasteiger partial charge < -0.3 is 20.1 Å². The van der Waals surface area contributed by atoms with Gasteiger partial charge in [-0.15, -0.1) is 0 Å². The molecule has 0 radical (unpaired) electrons. The lowest BCUT2D eigenvalue weighted by atomic mass is 9.60. The molecule has 0 bridgehead atoms. The standard InChI is InChI=1S/C35H48O4/c1-31(2,3)25-16-10-12-18-27(25)35(34(22-36,23-37)24-38,28-19-13-11-17-26(28)32(4,5)6)39-30-21-15-14-20-29(30)33(7,8)9/h10-21,36-38H,22-24H2,1-9H3. The zero-order valence-electron chi connectivity index (χ0n) is 25.3. The summed E-state index contributed by atoms with van der Waals surface area (Å²) in [5.41, 5.74) is 0.915. The van der Waals surface area contributed by atoms with Crippen LogP contribution in [0.1, 0.15) is 90.1 Å². The van der Waals surface area contributed by atoms with Gasteiger partial charge >= 0.3 is 0 Å². The summed E-state index contributed by atoms with van der Waals surface area (Å²) in [6, 6.07) is 24.1. The maximum absolute atomic E-state index is 11.1. The summed E-state index contributed by atoms with van der Waals surface area (Å²) in [5, 5.41) is 33.4. The molecule has 0 amide bonds. The lowest BCUT2D eigenvalue weighted by Gasteiger charge is -2.51. The maximum atomic E-state index is 11.1. The van der Waals surface area contributed by atoms with Crippen molar-refractivity contribution in [3.05, 3.63) is 101 Å². The molecule has 0 saturated heterocycles. The largest absolute Gasteiger partial charge is 0.477 e. The van der Waals surface area contributed by atoms with Crippen LogP contribution in [0, 0.1) is 5.41 Å². The molecule has 0 aliphatic rings. The molecule has 3 aromatic rings. The average molecular weight is 533 g/mol. The average Bonchev–Trinajstić information content (AvgIpc) is 2.88. The Morgan fingerprint density at radius 1 is 0.462 bits per heavy atom. The summed E-state index contributed by atoms with van der Waals surface area (Å²) in [6.45, 7) is 17.8. The molecule has 0 aliphatic carbocycles. The third-order valence-corrected chi connectivity index (χ3v) is 7.84. The number of hydrogen-bond donors (Lipinski definition) is 3. The van der Waals surface area contributed by atoms with Gasteiger partial charge in [-0.05, 0) is 39.0 Å². The lowest BCUT2D eigenvalue weighted by molar-refractivity contribution is -0.123. The van der Waals surface area contributed by atoms with E-state index >= 15 is 0 Å². The molecule has 0 fully saturated rings. The Bertz CT molecular complexity index is 1180. The Balaban J connectivity index is 2.67. The van der Waals surface area contributed by atoms with Crippen LogP contribution in [-0.4, -0.2) is 35.1 Å². The predicted molar refractivity (Wildman–Crippen MR) is 161 cm³/mol. The molecule has 0 atom stereocenters. The van der Waals surface area contributed by atoms with Gasteiger partial charge in [-0.3, -0.25) is 0 Å². The first-order valence-electron chi connectivity index (χ1n) is 13.9. The third-order valence-electron chi connectivity index (χ3n) is 7.84. The number of hydrogen-bond acceptors (Lipinski definition) is 4. The van der Waals surface area contributed by atoms with Crippen LogP contribution in [0.15, 0.2) is 72.8 Å². The van der Waals surface area contributed by atoms with Crippen molar-refractivity contribution in [2.45, 2.75) is 84.2 Å². The Morgan fingerprint density at radius 2 is 0.769 bits per heavy atom. The topological polar surface area (TPSA) is 69.9 Å². The van der Waals surface area contributed by atoms with E-state index < -0.39 is 30.8 Å². The van der Waals surface area contributed by atoms with Gasteiger partial charge in [-0.1, -0.05) is 129 Å². The van der Waals surface area contributed by atoms with Crippen molar-refractivity contribution >= 4 is 0 Å².